The van der Waals surface area contributed by atoms with Gasteiger partial charge in [0.1, 0.15) is 0 Å². The topological polar surface area (TPSA) is 72.9 Å². The van der Waals surface area contributed by atoms with Crippen molar-refractivity contribution in [3.63, 3.8) is 0 Å². The molecule has 1 saturated heterocycles. The molecule has 1 aliphatic rings. The van der Waals surface area contributed by atoms with Crippen LogP contribution >= 0.6 is 0 Å². The van der Waals surface area contributed by atoms with Gasteiger partial charge in [0, 0.05) is 19.3 Å². The molecule has 0 aliphatic carbocycles. The molecule has 1 amide bonds. The molecule has 4 atom stereocenters. The highest BCUT2D eigenvalue weighted by atomic mass is 16.1. The second-order valence-electron chi connectivity index (χ2n) is 5.07. The van der Waals surface area contributed by atoms with Crippen molar-refractivity contribution < 1.29 is 4.79 Å². The molecular formula is C12H20N4O. The molecule has 2 heterocycles. The number of nitrogens with zero attached hydrogens (tertiary/aromatic N) is 2. The fraction of sp³-hybridized carbons (Fsp3) is 0.667. The molecule has 5 heteroatoms. The number of aromatic nitrogens is 2. The Morgan fingerprint density at radius 2 is 2.29 bits per heavy atom. The normalized spacial score (nSPS) is 33.6. The Bertz CT molecular complexity index is 414. The molecule has 0 radical (unpaired) electrons. The molecule has 1 aromatic heterocycles. The summed E-state index contributed by atoms with van der Waals surface area (Å²) in [6.45, 7) is 4.23. The Hall–Kier alpha value is -1.36. The van der Waals surface area contributed by atoms with Crippen LogP contribution < -0.4 is 11.1 Å². The number of carbonyl (C=O) groups excluding carboxylic acids is 1. The van der Waals surface area contributed by atoms with Crippen molar-refractivity contribution in [1.82, 2.24) is 15.1 Å². The van der Waals surface area contributed by atoms with Crippen LogP contribution in [0.15, 0.2) is 12.3 Å². The van der Waals surface area contributed by atoms with E-state index in [2.05, 4.69) is 24.3 Å². The number of primary amides is 1. The fourth-order valence-electron chi connectivity index (χ4n) is 2.91. The maximum Gasteiger partial charge on any atom is 0.222 e. The van der Waals surface area contributed by atoms with E-state index in [-0.39, 0.29) is 17.9 Å². The molecule has 17 heavy (non-hydrogen) atoms. The first-order chi connectivity index (χ1) is 8.00. The highest BCUT2D eigenvalue weighted by Crippen LogP contribution is 2.35. The lowest BCUT2D eigenvalue weighted by Gasteiger charge is -2.39. The van der Waals surface area contributed by atoms with Gasteiger partial charge in [0.15, 0.2) is 0 Å². The standard InChI is InChI=1S/C12H20N4O/c1-7-6-8(2)15-11(10(7)12(13)17)9-4-5-14-16(9)3/h4-5,7-8,10-11,15H,6H2,1-3H3,(H2,13,17). The molecule has 94 valence electrons. The first-order valence-electron chi connectivity index (χ1n) is 6.04. The third-order valence-corrected chi connectivity index (χ3v) is 3.67. The van der Waals surface area contributed by atoms with E-state index in [0.717, 1.165) is 12.1 Å². The smallest absolute Gasteiger partial charge is 0.222 e. The van der Waals surface area contributed by atoms with Gasteiger partial charge in [0.25, 0.3) is 0 Å². The molecule has 0 bridgehead atoms. The minimum atomic E-state index is -0.233. The fourth-order valence-corrected chi connectivity index (χ4v) is 2.91. The number of nitrogens with one attached hydrogen (secondary N) is 1. The lowest BCUT2D eigenvalue weighted by Crippen LogP contribution is -2.49. The summed E-state index contributed by atoms with van der Waals surface area (Å²) in [6, 6.07) is 2.30. The zero-order chi connectivity index (χ0) is 12.6. The molecule has 2 rings (SSSR count). The van der Waals surface area contributed by atoms with Gasteiger partial charge >= 0.3 is 0 Å². The number of amides is 1. The van der Waals surface area contributed by atoms with Crippen LogP contribution in [-0.4, -0.2) is 21.7 Å². The average molecular weight is 236 g/mol. The number of aryl methyl sites for hydroxylation is 1. The highest BCUT2D eigenvalue weighted by molar-refractivity contribution is 5.78. The van der Waals surface area contributed by atoms with Gasteiger partial charge in [0.05, 0.1) is 17.7 Å². The van der Waals surface area contributed by atoms with E-state index in [4.69, 9.17) is 5.73 Å². The van der Waals surface area contributed by atoms with Gasteiger partial charge in [-0.3, -0.25) is 9.48 Å². The first-order valence-corrected chi connectivity index (χ1v) is 6.04. The molecule has 5 nitrogen and oxygen atoms in total. The van der Waals surface area contributed by atoms with Gasteiger partial charge in [0.2, 0.25) is 5.91 Å². The summed E-state index contributed by atoms with van der Waals surface area (Å²) < 4.78 is 1.80. The monoisotopic (exact) mass is 236 g/mol. The van der Waals surface area contributed by atoms with E-state index in [1.54, 1.807) is 10.9 Å². The molecule has 4 unspecified atom stereocenters. The summed E-state index contributed by atoms with van der Waals surface area (Å²) in [5, 5.41) is 7.62. The van der Waals surface area contributed by atoms with Crippen LogP contribution in [0.4, 0.5) is 0 Å². The predicted octanol–water partition coefficient (Wildman–Crippen LogP) is 0.581. The van der Waals surface area contributed by atoms with Crippen molar-refractivity contribution >= 4 is 5.91 Å². The van der Waals surface area contributed by atoms with Gasteiger partial charge in [-0.15, -0.1) is 0 Å². The number of hydrogen-bond acceptors (Lipinski definition) is 3. The Kier molecular flexibility index (Phi) is 3.19. The summed E-state index contributed by atoms with van der Waals surface area (Å²) in [7, 11) is 1.89. The summed E-state index contributed by atoms with van der Waals surface area (Å²) in [5.41, 5.74) is 6.56. The Labute approximate surface area is 101 Å². The molecule has 0 saturated carbocycles. The maximum absolute atomic E-state index is 11.6. The van der Waals surface area contributed by atoms with Crippen molar-refractivity contribution in [1.29, 1.82) is 0 Å². The lowest BCUT2D eigenvalue weighted by atomic mass is 9.77. The number of rotatable bonds is 2. The molecule has 1 fully saturated rings. The maximum atomic E-state index is 11.6. The largest absolute Gasteiger partial charge is 0.369 e. The Morgan fingerprint density at radius 3 is 2.82 bits per heavy atom. The van der Waals surface area contributed by atoms with E-state index in [1.807, 2.05) is 13.1 Å². The quantitative estimate of drug-likeness (QED) is 0.789. The summed E-state index contributed by atoms with van der Waals surface area (Å²) in [5.74, 6) is -0.103. The van der Waals surface area contributed by atoms with Crippen molar-refractivity contribution in [3.8, 4) is 0 Å². The average Bonchev–Trinajstić information content (AvgIpc) is 2.62. The van der Waals surface area contributed by atoms with Gasteiger partial charge in [-0.25, -0.2) is 0 Å². The van der Waals surface area contributed by atoms with Crippen LogP contribution in [0.5, 0.6) is 0 Å². The predicted molar refractivity (Wildman–Crippen MR) is 65.0 cm³/mol. The minimum absolute atomic E-state index is 0.0289. The second-order valence-corrected chi connectivity index (χ2v) is 5.07. The molecular weight excluding hydrogens is 216 g/mol. The minimum Gasteiger partial charge on any atom is -0.369 e. The van der Waals surface area contributed by atoms with Gasteiger partial charge in [-0.1, -0.05) is 6.92 Å². The first kappa shape index (κ1) is 12.1. The van der Waals surface area contributed by atoms with E-state index >= 15 is 0 Å². The van der Waals surface area contributed by atoms with E-state index in [1.165, 1.54) is 0 Å². The van der Waals surface area contributed by atoms with Crippen molar-refractivity contribution in [2.24, 2.45) is 24.6 Å². The van der Waals surface area contributed by atoms with Crippen LogP contribution in [0.1, 0.15) is 32.0 Å². The van der Waals surface area contributed by atoms with Gasteiger partial charge < -0.3 is 11.1 Å². The van der Waals surface area contributed by atoms with Crippen LogP contribution in [0.25, 0.3) is 0 Å². The summed E-state index contributed by atoms with van der Waals surface area (Å²) in [6.07, 6.45) is 2.72. The zero-order valence-electron chi connectivity index (χ0n) is 10.6. The van der Waals surface area contributed by atoms with Gasteiger partial charge in [-0.05, 0) is 25.3 Å². The number of hydrogen-bond donors (Lipinski definition) is 2. The van der Waals surface area contributed by atoms with Crippen LogP contribution in [-0.2, 0) is 11.8 Å². The summed E-state index contributed by atoms with van der Waals surface area (Å²) in [4.78, 5) is 11.6. The second kappa shape index (κ2) is 4.49. The molecule has 1 aliphatic heterocycles. The third kappa shape index (κ3) is 2.20. The van der Waals surface area contributed by atoms with Crippen LogP contribution in [0.2, 0.25) is 0 Å². The Morgan fingerprint density at radius 1 is 1.59 bits per heavy atom. The van der Waals surface area contributed by atoms with Crippen molar-refractivity contribution in [3.05, 3.63) is 18.0 Å². The van der Waals surface area contributed by atoms with E-state index < -0.39 is 0 Å². The number of carbonyl (C=O) groups is 1. The highest BCUT2D eigenvalue weighted by Gasteiger charge is 2.39. The molecule has 1 aromatic rings. The molecule has 0 aromatic carbocycles. The lowest BCUT2D eigenvalue weighted by molar-refractivity contribution is -0.125. The van der Waals surface area contributed by atoms with E-state index in [0.29, 0.717) is 12.0 Å². The number of nitrogens with two attached hydrogens (primary N) is 1. The zero-order valence-corrected chi connectivity index (χ0v) is 10.6. The van der Waals surface area contributed by atoms with Crippen molar-refractivity contribution in [2.45, 2.75) is 32.4 Å². The Balaban J connectivity index is 2.34. The molecule has 3 N–H and O–H groups in total. The van der Waals surface area contributed by atoms with Crippen molar-refractivity contribution in [2.75, 3.05) is 0 Å². The SMILES string of the molecule is CC1CC(C)C(C(N)=O)C(c2ccnn2C)N1. The summed E-state index contributed by atoms with van der Waals surface area (Å²) >= 11 is 0. The van der Waals surface area contributed by atoms with Crippen LogP contribution in [0.3, 0.4) is 0 Å². The van der Waals surface area contributed by atoms with Crippen LogP contribution in [0, 0.1) is 11.8 Å². The van der Waals surface area contributed by atoms with E-state index in [9.17, 15) is 4.79 Å². The molecule has 0 spiro atoms. The number of piperidine rings is 1. The third-order valence-electron chi connectivity index (χ3n) is 3.67. The van der Waals surface area contributed by atoms with Gasteiger partial charge in [-0.2, -0.15) is 5.10 Å².